The van der Waals surface area contributed by atoms with Crippen LogP contribution in [0.1, 0.15) is 46.5 Å². The monoisotopic (exact) mass is 267 g/mol. The molecule has 0 aromatic carbocycles. The summed E-state index contributed by atoms with van der Waals surface area (Å²) in [4.78, 5) is 25.9. The maximum absolute atomic E-state index is 12.5. The third kappa shape index (κ3) is 2.26. The molecule has 2 aliphatic rings. The minimum Gasteiger partial charge on any atom is -0.481 e. The van der Waals surface area contributed by atoms with Crippen LogP contribution in [-0.2, 0) is 9.59 Å². The number of fused-ring (bicyclic) bond motifs is 1. The molecule has 1 N–H and O–H groups in total. The van der Waals surface area contributed by atoms with Crippen LogP contribution in [0, 0.1) is 23.2 Å². The highest BCUT2D eigenvalue weighted by molar-refractivity contribution is 5.82. The van der Waals surface area contributed by atoms with Crippen molar-refractivity contribution in [3.05, 3.63) is 0 Å². The van der Waals surface area contributed by atoms with Gasteiger partial charge < -0.3 is 10.0 Å². The largest absolute Gasteiger partial charge is 0.481 e. The molecule has 1 aliphatic carbocycles. The summed E-state index contributed by atoms with van der Waals surface area (Å²) in [7, 11) is 0. The van der Waals surface area contributed by atoms with Crippen molar-refractivity contribution in [2.75, 3.05) is 13.1 Å². The quantitative estimate of drug-likeness (QED) is 0.850. The van der Waals surface area contributed by atoms with Crippen LogP contribution in [0.3, 0.4) is 0 Å². The Morgan fingerprint density at radius 2 is 2.11 bits per heavy atom. The third-order valence-electron chi connectivity index (χ3n) is 5.50. The molecule has 0 spiro atoms. The van der Waals surface area contributed by atoms with Crippen LogP contribution < -0.4 is 0 Å². The minimum absolute atomic E-state index is 0.00493. The van der Waals surface area contributed by atoms with E-state index in [0.29, 0.717) is 19.0 Å². The van der Waals surface area contributed by atoms with Crippen LogP contribution >= 0.6 is 0 Å². The van der Waals surface area contributed by atoms with Crippen molar-refractivity contribution in [2.24, 2.45) is 23.2 Å². The van der Waals surface area contributed by atoms with Gasteiger partial charge in [0.15, 0.2) is 0 Å². The molecule has 0 aromatic heterocycles. The number of carboxylic acids is 1. The Kier molecular flexibility index (Phi) is 3.88. The first-order valence-corrected chi connectivity index (χ1v) is 7.44. The molecular weight excluding hydrogens is 242 g/mol. The molecule has 1 saturated heterocycles. The zero-order valence-corrected chi connectivity index (χ0v) is 12.2. The maximum atomic E-state index is 12.5. The predicted octanol–water partition coefficient (Wildman–Crippen LogP) is 2.38. The predicted molar refractivity (Wildman–Crippen MR) is 72.6 cm³/mol. The van der Waals surface area contributed by atoms with Crippen molar-refractivity contribution < 1.29 is 14.7 Å². The van der Waals surface area contributed by atoms with E-state index in [2.05, 4.69) is 13.8 Å². The lowest BCUT2D eigenvalue weighted by atomic mass is 9.81. The fraction of sp³-hybridized carbons (Fsp3) is 0.867. The Morgan fingerprint density at radius 3 is 2.63 bits per heavy atom. The van der Waals surface area contributed by atoms with Crippen LogP contribution in [-0.4, -0.2) is 35.0 Å². The van der Waals surface area contributed by atoms with Gasteiger partial charge in [-0.05, 0) is 24.7 Å². The molecule has 0 aromatic rings. The number of likely N-dealkylation sites (tertiary alicyclic amines) is 1. The smallest absolute Gasteiger partial charge is 0.311 e. The van der Waals surface area contributed by atoms with Crippen LogP contribution in [0.15, 0.2) is 0 Å². The zero-order chi connectivity index (χ0) is 14.2. The standard InChI is InChI=1S/C15H25NO3/c1-4-10(2)11(3)13(17)16-8-12-6-5-7-15(12,9-16)14(18)19/h10-12H,4-9H2,1-3H3,(H,18,19)/t10?,11?,12-,15+/m0/s1. The normalized spacial score (nSPS) is 33.0. The van der Waals surface area contributed by atoms with Crippen molar-refractivity contribution in [1.82, 2.24) is 4.90 Å². The number of carbonyl (C=O) groups is 2. The fourth-order valence-corrected chi connectivity index (χ4v) is 3.69. The number of amides is 1. The number of hydrogen-bond acceptors (Lipinski definition) is 2. The van der Waals surface area contributed by atoms with Crippen molar-refractivity contribution >= 4 is 11.9 Å². The average molecular weight is 267 g/mol. The second-order valence-corrected chi connectivity index (χ2v) is 6.44. The molecule has 4 heteroatoms. The van der Waals surface area contributed by atoms with Crippen LogP contribution in [0.4, 0.5) is 0 Å². The SMILES string of the molecule is CCC(C)C(C)C(=O)N1C[C@@H]2CCC[C@@]2(C(=O)O)C1. The highest BCUT2D eigenvalue weighted by Crippen LogP contribution is 2.49. The van der Waals surface area contributed by atoms with E-state index in [-0.39, 0.29) is 17.7 Å². The van der Waals surface area contributed by atoms with Crippen LogP contribution in [0.25, 0.3) is 0 Å². The fourth-order valence-electron chi connectivity index (χ4n) is 3.69. The second-order valence-electron chi connectivity index (χ2n) is 6.44. The number of rotatable bonds is 4. The van der Waals surface area contributed by atoms with Crippen LogP contribution in [0.2, 0.25) is 0 Å². The molecule has 108 valence electrons. The van der Waals surface area contributed by atoms with Gasteiger partial charge in [-0.1, -0.05) is 33.6 Å². The van der Waals surface area contributed by atoms with E-state index in [0.717, 1.165) is 25.7 Å². The Morgan fingerprint density at radius 1 is 1.42 bits per heavy atom. The Labute approximate surface area is 115 Å². The second kappa shape index (κ2) is 5.14. The topological polar surface area (TPSA) is 57.6 Å². The molecule has 1 heterocycles. The Bertz CT molecular complexity index is 382. The number of aliphatic carboxylic acids is 1. The van der Waals surface area contributed by atoms with Gasteiger partial charge in [-0.3, -0.25) is 9.59 Å². The van der Waals surface area contributed by atoms with Crippen molar-refractivity contribution in [3.63, 3.8) is 0 Å². The zero-order valence-electron chi connectivity index (χ0n) is 12.2. The Hall–Kier alpha value is -1.06. The van der Waals surface area contributed by atoms with Gasteiger partial charge in [0.1, 0.15) is 0 Å². The number of carbonyl (C=O) groups excluding carboxylic acids is 1. The molecule has 1 saturated carbocycles. The van der Waals surface area contributed by atoms with Gasteiger partial charge in [-0.15, -0.1) is 0 Å². The maximum Gasteiger partial charge on any atom is 0.311 e. The number of carboxylic acid groups (broad SMARTS) is 1. The molecular formula is C15H25NO3. The molecule has 0 bridgehead atoms. The van der Waals surface area contributed by atoms with Crippen molar-refractivity contribution in [3.8, 4) is 0 Å². The molecule has 2 fully saturated rings. The average Bonchev–Trinajstić information content (AvgIpc) is 2.93. The summed E-state index contributed by atoms with van der Waals surface area (Å²) in [6.45, 7) is 7.22. The lowest BCUT2D eigenvalue weighted by Gasteiger charge is -2.26. The molecule has 19 heavy (non-hydrogen) atoms. The van der Waals surface area contributed by atoms with Gasteiger partial charge >= 0.3 is 5.97 Å². The molecule has 1 amide bonds. The molecule has 1 aliphatic heterocycles. The molecule has 2 rings (SSSR count). The van der Waals surface area contributed by atoms with Gasteiger partial charge in [-0.25, -0.2) is 0 Å². The van der Waals surface area contributed by atoms with Gasteiger partial charge in [0.05, 0.1) is 5.41 Å². The van der Waals surface area contributed by atoms with Gasteiger partial charge in [0.2, 0.25) is 5.91 Å². The van der Waals surface area contributed by atoms with E-state index >= 15 is 0 Å². The minimum atomic E-state index is -0.707. The first-order valence-electron chi connectivity index (χ1n) is 7.44. The van der Waals surface area contributed by atoms with E-state index < -0.39 is 11.4 Å². The first-order chi connectivity index (χ1) is 8.92. The van der Waals surface area contributed by atoms with E-state index in [1.165, 1.54) is 0 Å². The van der Waals surface area contributed by atoms with Gasteiger partial charge in [-0.2, -0.15) is 0 Å². The van der Waals surface area contributed by atoms with E-state index in [1.807, 2.05) is 11.8 Å². The highest BCUT2D eigenvalue weighted by Gasteiger charge is 2.56. The highest BCUT2D eigenvalue weighted by atomic mass is 16.4. The molecule has 4 atom stereocenters. The molecule has 0 radical (unpaired) electrons. The number of nitrogens with zero attached hydrogens (tertiary/aromatic N) is 1. The number of hydrogen-bond donors (Lipinski definition) is 1. The Balaban J connectivity index is 2.10. The van der Waals surface area contributed by atoms with Gasteiger partial charge in [0, 0.05) is 19.0 Å². The lowest BCUT2D eigenvalue weighted by molar-refractivity contribution is -0.149. The first kappa shape index (κ1) is 14.4. The summed E-state index contributed by atoms with van der Waals surface area (Å²) in [5, 5.41) is 9.53. The van der Waals surface area contributed by atoms with Gasteiger partial charge in [0.25, 0.3) is 0 Å². The van der Waals surface area contributed by atoms with Crippen LogP contribution in [0.5, 0.6) is 0 Å². The molecule has 4 nitrogen and oxygen atoms in total. The van der Waals surface area contributed by atoms with E-state index in [9.17, 15) is 14.7 Å². The summed E-state index contributed by atoms with van der Waals surface area (Å²) in [5.41, 5.74) is -0.648. The summed E-state index contributed by atoms with van der Waals surface area (Å²) in [6, 6.07) is 0. The molecule has 2 unspecified atom stereocenters. The summed E-state index contributed by atoms with van der Waals surface area (Å²) >= 11 is 0. The van der Waals surface area contributed by atoms with Crippen molar-refractivity contribution in [2.45, 2.75) is 46.5 Å². The van der Waals surface area contributed by atoms with E-state index in [4.69, 9.17) is 0 Å². The van der Waals surface area contributed by atoms with E-state index in [1.54, 1.807) is 0 Å². The summed E-state index contributed by atoms with van der Waals surface area (Å²) < 4.78 is 0. The lowest BCUT2D eigenvalue weighted by Crippen LogP contribution is -2.40. The van der Waals surface area contributed by atoms with Crippen molar-refractivity contribution in [1.29, 1.82) is 0 Å². The summed E-state index contributed by atoms with van der Waals surface area (Å²) in [6.07, 6.45) is 3.65. The third-order valence-corrected chi connectivity index (χ3v) is 5.50. The summed E-state index contributed by atoms with van der Waals surface area (Å²) in [5.74, 6) is -0.0488.